The molecule has 2 N–H and O–H groups in total. The molecule has 0 unspecified atom stereocenters. The molecule has 2 atom stereocenters. The van der Waals surface area contributed by atoms with Crippen LogP contribution in [0, 0.1) is 5.92 Å². The van der Waals surface area contributed by atoms with Gasteiger partial charge in [0.1, 0.15) is 0 Å². The standard InChI is InChI=1S/C17H25N3O.2ClH/c1-19-9-7-14(8-10-19)17(21)20-11-15(16(18)12-20)13-5-3-2-4-6-13;;/h2-6,14-16H,7-12,18H2,1H3;2*1H/t15-,16+;;/m0../s1. The van der Waals surface area contributed by atoms with Gasteiger partial charge in [0, 0.05) is 31.0 Å². The fourth-order valence-electron chi connectivity index (χ4n) is 3.58. The number of nitrogens with zero attached hydrogens (tertiary/aromatic N) is 2. The van der Waals surface area contributed by atoms with Crippen molar-refractivity contribution >= 4 is 30.7 Å². The third-order valence-electron chi connectivity index (χ3n) is 4.97. The number of piperidine rings is 1. The van der Waals surface area contributed by atoms with Gasteiger partial charge in [-0.2, -0.15) is 0 Å². The first-order chi connectivity index (χ1) is 10.1. The highest BCUT2D eigenvalue weighted by Gasteiger charge is 2.36. The molecule has 4 nitrogen and oxygen atoms in total. The number of amides is 1. The molecule has 2 fully saturated rings. The fraction of sp³-hybridized carbons (Fsp3) is 0.588. The average molecular weight is 360 g/mol. The molecule has 0 spiro atoms. The maximum absolute atomic E-state index is 12.7. The number of carbonyl (C=O) groups excluding carboxylic acids is 1. The van der Waals surface area contributed by atoms with Crippen LogP contribution in [-0.2, 0) is 4.79 Å². The number of hydrogen-bond acceptors (Lipinski definition) is 3. The quantitative estimate of drug-likeness (QED) is 0.879. The highest BCUT2D eigenvalue weighted by Crippen LogP contribution is 2.29. The Bertz CT molecular complexity index is 492. The van der Waals surface area contributed by atoms with Gasteiger partial charge in [0.15, 0.2) is 0 Å². The second-order valence-electron chi connectivity index (χ2n) is 6.50. The van der Waals surface area contributed by atoms with E-state index in [0.717, 1.165) is 32.5 Å². The van der Waals surface area contributed by atoms with E-state index in [1.165, 1.54) is 5.56 Å². The zero-order chi connectivity index (χ0) is 14.8. The summed E-state index contributed by atoms with van der Waals surface area (Å²) in [6, 6.07) is 10.4. The van der Waals surface area contributed by atoms with E-state index in [4.69, 9.17) is 5.73 Å². The number of hydrogen-bond donors (Lipinski definition) is 1. The first-order valence-corrected chi connectivity index (χ1v) is 7.93. The van der Waals surface area contributed by atoms with E-state index >= 15 is 0 Å². The van der Waals surface area contributed by atoms with Crippen LogP contribution < -0.4 is 5.73 Å². The second-order valence-corrected chi connectivity index (χ2v) is 6.50. The van der Waals surface area contributed by atoms with Crippen molar-refractivity contribution in [3.8, 4) is 0 Å². The molecule has 2 heterocycles. The minimum absolute atomic E-state index is 0. The molecule has 2 saturated heterocycles. The van der Waals surface area contributed by atoms with Crippen LogP contribution in [0.15, 0.2) is 30.3 Å². The minimum atomic E-state index is 0. The molecule has 0 aromatic heterocycles. The van der Waals surface area contributed by atoms with Gasteiger partial charge in [-0.15, -0.1) is 24.8 Å². The van der Waals surface area contributed by atoms with Gasteiger partial charge in [0.25, 0.3) is 0 Å². The van der Waals surface area contributed by atoms with E-state index in [2.05, 4.69) is 24.1 Å². The van der Waals surface area contributed by atoms with Gasteiger partial charge in [0.2, 0.25) is 5.91 Å². The summed E-state index contributed by atoms with van der Waals surface area (Å²) < 4.78 is 0. The molecule has 1 aromatic carbocycles. The highest BCUT2D eigenvalue weighted by atomic mass is 35.5. The molecule has 0 bridgehead atoms. The number of halogens is 2. The monoisotopic (exact) mass is 359 g/mol. The van der Waals surface area contributed by atoms with Crippen molar-refractivity contribution in [1.29, 1.82) is 0 Å². The molecule has 3 rings (SSSR count). The summed E-state index contributed by atoms with van der Waals surface area (Å²) in [5, 5.41) is 0. The molecule has 0 aliphatic carbocycles. The lowest BCUT2D eigenvalue weighted by molar-refractivity contribution is -0.135. The summed E-state index contributed by atoms with van der Waals surface area (Å²) >= 11 is 0. The normalized spacial score (nSPS) is 25.6. The van der Waals surface area contributed by atoms with Gasteiger partial charge in [-0.1, -0.05) is 30.3 Å². The molecule has 6 heteroatoms. The SMILES string of the molecule is CN1CCC(C(=O)N2C[C@@H](N)[C@H](c3ccccc3)C2)CC1.Cl.Cl. The summed E-state index contributed by atoms with van der Waals surface area (Å²) in [5.41, 5.74) is 7.54. The topological polar surface area (TPSA) is 49.6 Å². The van der Waals surface area contributed by atoms with Crippen molar-refractivity contribution in [2.24, 2.45) is 11.7 Å². The van der Waals surface area contributed by atoms with Crippen LogP contribution in [0.3, 0.4) is 0 Å². The third kappa shape index (κ3) is 4.60. The lowest BCUT2D eigenvalue weighted by Gasteiger charge is -2.30. The van der Waals surface area contributed by atoms with Crippen molar-refractivity contribution in [1.82, 2.24) is 9.80 Å². The number of carbonyl (C=O) groups is 1. The van der Waals surface area contributed by atoms with E-state index in [0.29, 0.717) is 12.5 Å². The van der Waals surface area contributed by atoms with E-state index in [1.807, 2.05) is 23.1 Å². The molecular weight excluding hydrogens is 333 g/mol. The summed E-state index contributed by atoms with van der Waals surface area (Å²) in [6.07, 6.45) is 1.97. The van der Waals surface area contributed by atoms with E-state index in [-0.39, 0.29) is 42.7 Å². The van der Waals surface area contributed by atoms with Crippen molar-refractivity contribution in [2.75, 3.05) is 33.2 Å². The van der Waals surface area contributed by atoms with Crippen molar-refractivity contribution in [3.05, 3.63) is 35.9 Å². The average Bonchev–Trinajstić information content (AvgIpc) is 2.90. The van der Waals surface area contributed by atoms with E-state index < -0.39 is 0 Å². The maximum atomic E-state index is 12.7. The third-order valence-corrected chi connectivity index (χ3v) is 4.97. The first kappa shape index (κ1) is 20.2. The van der Waals surface area contributed by atoms with Gasteiger partial charge in [-0.3, -0.25) is 4.79 Å². The predicted molar refractivity (Wildman–Crippen MR) is 98.5 cm³/mol. The summed E-state index contributed by atoms with van der Waals surface area (Å²) in [4.78, 5) is 17.0. The number of nitrogens with two attached hydrogens (primary N) is 1. The Morgan fingerprint density at radius 1 is 1.09 bits per heavy atom. The molecule has 1 amide bonds. The number of rotatable bonds is 2. The zero-order valence-electron chi connectivity index (χ0n) is 13.6. The van der Waals surface area contributed by atoms with Gasteiger partial charge < -0.3 is 15.5 Å². The van der Waals surface area contributed by atoms with Crippen LogP contribution >= 0.6 is 24.8 Å². The Morgan fingerprint density at radius 3 is 2.30 bits per heavy atom. The van der Waals surface area contributed by atoms with Crippen molar-refractivity contribution in [2.45, 2.75) is 24.8 Å². The fourth-order valence-corrected chi connectivity index (χ4v) is 3.58. The molecule has 2 aliphatic heterocycles. The molecular formula is C17H27Cl2N3O. The molecule has 23 heavy (non-hydrogen) atoms. The van der Waals surface area contributed by atoms with Crippen molar-refractivity contribution < 1.29 is 4.79 Å². The summed E-state index contributed by atoms with van der Waals surface area (Å²) in [5.74, 6) is 0.793. The van der Waals surface area contributed by atoms with Crippen LogP contribution in [0.1, 0.15) is 24.3 Å². The Morgan fingerprint density at radius 2 is 1.70 bits per heavy atom. The largest absolute Gasteiger partial charge is 0.340 e. The Kier molecular flexibility index (Phi) is 7.81. The van der Waals surface area contributed by atoms with Crippen LogP contribution in [-0.4, -0.2) is 55.0 Å². The van der Waals surface area contributed by atoms with Gasteiger partial charge in [-0.05, 0) is 38.5 Å². The summed E-state index contributed by atoms with van der Waals surface area (Å²) in [6.45, 7) is 3.53. The predicted octanol–water partition coefficient (Wildman–Crippen LogP) is 2.13. The Labute approximate surface area is 151 Å². The smallest absolute Gasteiger partial charge is 0.225 e. The number of benzene rings is 1. The molecule has 2 aliphatic rings. The molecule has 0 radical (unpaired) electrons. The lowest BCUT2D eigenvalue weighted by Crippen LogP contribution is -2.41. The van der Waals surface area contributed by atoms with Gasteiger partial charge >= 0.3 is 0 Å². The zero-order valence-corrected chi connectivity index (χ0v) is 15.2. The van der Waals surface area contributed by atoms with Crippen LogP contribution in [0.25, 0.3) is 0 Å². The second kappa shape index (κ2) is 8.88. The first-order valence-electron chi connectivity index (χ1n) is 7.93. The maximum Gasteiger partial charge on any atom is 0.225 e. The Balaban J connectivity index is 0.00000132. The molecule has 130 valence electrons. The van der Waals surface area contributed by atoms with Crippen LogP contribution in [0.4, 0.5) is 0 Å². The molecule has 0 saturated carbocycles. The van der Waals surface area contributed by atoms with Crippen LogP contribution in [0.2, 0.25) is 0 Å². The summed E-state index contributed by atoms with van der Waals surface area (Å²) in [7, 11) is 2.12. The minimum Gasteiger partial charge on any atom is -0.340 e. The lowest BCUT2D eigenvalue weighted by atomic mass is 9.94. The van der Waals surface area contributed by atoms with Crippen LogP contribution in [0.5, 0.6) is 0 Å². The van der Waals surface area contributed by atoms with E-state index in [9.17, 15) is 4.79 Å². The van der Waals surface area contributed by atoms with Gasteiger partial charge in [0.05, 0.1) is 0 Å². The van der Waals surface area contributed by atoms with Crippen molar-refractivity contribution in [3.63, 3.8) is 0 Å². The number of likely N-dealkylation sites (tertiary alicyclic amines) is 2. The Hall–Kier alpha value is -0.810. The molecule has 1 aromatic rings. The highest BCUT2D eigenvalue weighted by molar-refractivity contribution is 5.85. The van der Waals surface area contributed by atoms with Gasteiger partial charge in [-0.25, -0.2) is 0 Å². The van der Waals surface area contributed by atoms with E-state index in [1.54, 1.807) is 0 Å².